The molecule has 4 nitrogen and oxygen atoms in total. The number of amides is 1. The van der Waals surface area contributed by atoms with Crippen LogP contribution in [-0.4, -0.2) is 34.0 Å². The first-order valence-corrected chi connectivity index (χ1v) is 7.17. The lowest BCUT2D eigenvalue weighted by molar-refractivity contribution is -0.161. The first-order valence-electron chi connectivity index (χ1n) is 7.17. The highest BCUT2D eigenvalue weighted by Crippen LogP contribution is 2.39. The normalized spacial score (nSPS) is 28.4. The molecule has 1 saturated heterocycles. The number of nitrogens with zero attached hydrogens (tertiary/aromatic N) is 1. The van der Waals surface area contributed by atoms with Crippen LogP contribution in [0.5, 0.6) is 0 Å². The van der Waals surface area contributed by atoms with E-state index < -0.39 is 11.5 Å². The molecule has 0 aromatic heterocycles. The number of carbonyl (C=O) groups excluding carboxylic acids is 1. The summed E-state index contributed by atoms with van der Waals surface area (Å²) in [6.45, 7) is 2.23. The van der Waals surface area contributed by atoms with Crippen LogP contribution in [0.25, 0.3) is 0 Å². The standard InChI is InChI=1S/C16H19NO3/c1-16(15(19)20)8-4-5-9-17(16)14(18)13-10-11-6-2-3-7-12(11)13/h2-3,6-7,13H,4-5,8-10H2,1H3,(H,19,20). The van der Waals surface area contributed by atoms with Crippen LogP contribution in [0.4, 0.5) is 0 Å². The zero-order valence-corrected chi connectivity index (χ0v) is 11.6. The average molecular weight is 273 g/mol. The van der Waals surface area contributed by atoms with E-state index in [1.165, 1.54) is 5.56 Å². The van der Waals surface area contributed by atoms with Gasteiger partial charge in [0.1, 0.15) is 5.54 Å². The fraction of sp³-hybridized carbons (Fsp3) is 0.500. The molecule has 0 bridgehead atoms. The monoisotopic (exact) mass is 273 g/mol. The Bertz CT molecular complexity index is 569. The van der Waals surface area contributed by atoms with Crippen molar-refractivity contribution in [3.05, 3.63) is 35.4 Å². The Labute approximate surface area is 118 Å². The predicted molar refractivity (Wildman–Crippen MR) is 74.5 cm³/mol. The predicted octanol–water partition coefficient (Wildman–Crippen LogP) is 2.18. The highest BCUT2D eigenvalue weighted by atomic mass is 16.4. The van der Waals surface area contributed by atoms with E-state index in [0.29, 0.717) is 13.0 Å². The summed E-state index contributed by atoms with van der Waals surface area (Å²) in [5.74, 6) is -1.06. The summed E-state index contributed by atoms with van der Waals surface area (Å²) in [4.78, 5) is 25.9. The minimum atomic E-state index is -1.04. The zero-order chi connectivity index (χ0) is 14.3. The lowest BCUT2D eigenvalue weighted by Gasteiger charge is -2.44. The van der Waals surface area contributed by atoms with Gasteiger partial charge in [0.25, 0.3) is 0 Å². The van der Waals surface area contributed by atoms with Crippen LogP contribution >= 0.6 is 0 Å². The molecule has 1 N–H and O–H groups in total. The Morgan fingerprint density at radius 1 is 1.30 bits per heavy atom. The molecule has 2 atom stereocenters. The van der Waals surface area contributed by atoms with Crippen LogP contribution < -0.4 is 0 Å². The number of rotatable bonds is 2. The van der Waals surface area contributed by atoms with Gasteiger partial charge in [-0.3, -0.25) is 4.79 Å². The summed E-state index contributed by atoms with van der Waals surface area (Å²) in [6, 6.07) is 7.92. The third kappa shape index (κ3) is 1.82. The Balaban J connectivity index is 1.85. The van der Waals surface area contributed by atoms with Crippen molar-refractivity contribution in [1.82, 2.24) is 4.90 Å². The van der Waals surface area contributed by atoms with Gasteiger partial charge >= 0.3 is 5.97 Å². The molecule has 20 heavy (non-hydrogen) atoms. The van der Waals surface area contributed by atoms with E-state index in [-0.39, 0.29) is 11.8 Å². The molecule has 1 aliphatic heterocycles. The molecule has 3 rings (SSSR count). The molecule has 1 amide bonds. The summed E-state index contributed by atoms with van der Waals surface area (Å²) in [7, 11) is 0. The summed E-state index contributed by atoms with van der Waals surface area (Å²) in [6.07, 6.45) is 3.04. The van der Waals surface area contributed by atoms with Gasteiger partial charge in [-0.05, 0) is 43.7 Å². The Kier molecular flexibility index (Phi) is 3.04. The number of fused-ring (bicyclic) bond motifs is 1. The van der Waals surface area contributed by atoms with Gasteiger partial charge in [-0.1, -0.05) is 24.3 Å². The van der Waals surface area contributed by atoms with Crippen LogP contribution in [0.2, 0.25) is 0 Å². The third-order valence-corrected chi connectivity index (χ3v) is 4.77. The minimum absolute atomic E-state index is 0.0201. The van der Waals surface area contributed by atoms with Crippen LogP contribution in [-0.2, 0) is 16.0 Å². The lowest BCUT2D eigenvalue weighted by atomic mass is 9.75. The molecule has 0 spiro atoms. The van der Waals surface area contributed by atoms with Gasteiger partial charge in [0.2, 0.25) is 5.91 Å². The molecular formula is C16H19NO3. The fourth-order valence-corrected chi connectivity index (χ4v) is 3.36. The lowest BCUT2D eigenvalue weighted by Crippen LogP contribution is -2.59. The second kappa shape index (κ2) is 4.62. The van der Waals surface area contributed by atoms with Gasteiger partial charge in [-0.15, -0.1) is 0 Å². The number of likely N-dealkylation sites (tertiary alicyclic amines) is 1. The van der Waals surface area contributed by atoms with Crippen molar-refractivity contribution in [2.75, 3.05) is 6.54 Å². The summed E-state index contributed by atoms with van der Waals surface area (Å²) in [5, 5.41) is 9.49. The van der Waals surface area contributed by atoms with Gasteiger partial charge in [0, 0.05) is 6.54 Å². The molecule has 2 aliphatic rings. The van der Waals surface area contributed by atoms with Crippen molar-refractivity contribution in [1.29, 1.82) is 0 Å². The fourth-order valence-electron chi connectivity index (χ4n) is 3.36. The molecule has 1 fully saturated rings. The minimum Gasteiger partial charge on any atom is -0.480 e. The summed E-state index contributed by atoms with van der Waals surface area (Å²) >= 11 is 0. The Morgan fingerprint density at radius 3 is 2.75 bits per heavy atom. The third-order valence-electron chi connectivity index (χ3n) is 4.77. The van der Waals surface area contributed by atoms with Crippen molar-refractivity contribution in [2.24, 2.45) is 0 Å². The largest absolute Gasteiger partial charge is 0.480 e. The van der Waals surface area contributed by atoms with Crippen molar-refractivity contribution in [3.8, 4) is 0 Å². The van der Waals surface area contributed by atoms with E-state index in [1.807, 2.05) is 24.3 Å². The Morgan fingerprint density at radius 2 is 2.05 bits per heavy atom. The summed E-state index contributed by atoms with van der Waals surface area (Å²) in [5.41, 5.74) is 1.23. The number of benzene rings is 1. The molecule has 106 valence electrons. The highest BCUT2D eigenvalue weighted by molar-refractivity contribution is 5.92. The second-order valence-corrected chi connectivity index (χ2v) is 5.98. The molecule has 1 heterocycles. The molecule has 1 aromatic rings. The van der Waals surface area contributed by atoms with E-state index >= 15 is 0 Å². The number of aliphatic carboxylic acids is 1. The number of carboxylic acid groups (broad SMARTS) is 1. The molecule has 4 heteroatoms. The van der Waals surface area contributed by atoms with E-state index in [2.05, 4.69) is 0 Å². The average Bonchev–Trinajstić information content (AvgIpc) is 2.40. The number of carboxylic acids is 1. The zero-order valence-electron chi connectivity index (χ0n) is 11.6. The second-order valence-electron chi connectivity index (χ2n) is 5.98. The van der Waals surface area contributed by atoms with Crippen LogP contribution in [0, 0.1) is 0 Å². The first-order chi connectivity index (χ1) is 9.54. The molecular weight excluding hydrogens is 254 g/mol. The number of hydrogen-bond acceptors (Lipinski definition) is 2. The molecule has 0 radical (unpaired) electrons. The first kappa shape index (κ1) is 13.2. The van der Waals surface area contributed by atoms with E-state index in [9.17, 15) is 14.7 Å². The van der Waals surface area contributed by atoms with Crippen molar-refractivity contribution < 1.29 is 14.7 Å². The van der Waals surface area contributed by atoms with Gasteiger partial charge in [-0.2, -0.15) is 0 Å². The number of hydrogen-bond donors (Lipinski definition) is 1. The van der Waals surface area contributed by atoms with Crippen molar-refractivity contribution in [3.63, 3.8) is 0 Å². The van der Waals surface area contributed by atoms with E-state index in [0.717, 1.165) is 24.8 Å². The number of carbonyl (C=O) groups is 2. The van der Waals surface area contributed by atoms with Gasteiger partial charge in [-0.25, -0.2) is 4.79 Å². The van der Waals surface area contributed by atoms with E-state index in [4.69, 9.17) is 0 Å². The van der Waals surface area contributed by atoms with Gasteiger partial charge in [0.15, 0.2) is 0 Å². The number of piperidine rings is 1. The van der Waals surface area contributed by atoms with Gasteiger partial charge < -0.3 is 10.0 Å². The molecule has 1 aliphatic carbocycles. The maximum Gasteiger partial charge on any atom is 0.329 e. The summed E-state index contributed by atoms with van der Waals surface area (Å²) < 4.78 is 0. The maximum atomic E-state index is 12.7. The highest BCUT2D eigenvalue weighted by Gasteiger charge is 2.47. The molecule has 1 aromatic carbocycles. The van der Waals surface area contributed by atoms with Crippen LogP contribution in [0.1, 0.15) is 43.2 Å². The molecule has 2 unspecified atom stereocenters. The quantitative estimate of drug-likeness (QED) is 0.898. The molecule has 0 saturated carbocycles. The Hall–Kier alpha value is -1.84. The van der Waals surface area contributed by atoms with Crippen LogP contribution in [0.15, 0.2) is 24.3 Å². The SMILES string of the molecule is CC1(C(=O)O)CCCCN1C(=O)C1Cc2ccccc21. The maximum absolute atomic E-state index is 12.7. The van der Waals surface area contributed by atoms with Crippen molar-refractivity contribution >= 4 is 11.9 Å². The van der Waals surface area contributed by atoms with E-state index in [1.54, 1.807) is 11.8 Å². The topological polar surface area (TPSA) is 57.6 Å². The van der Waals surface area contributed by atoms with Crippen LogP contribution in [0.3, 0.4) is 0 Å². The van der Waals surface area contributed by atoms with Gasteiger partial charge in [0.05, 0.1) is 5.92 Å². The smallest absolute Gasteiger partial charge is 0.329 e. The van der Waals surface area contributed by atoms with Crippen molar-refractivity contribution in [2.45, 2.75) is 44.1 Å².